The molecule has 0 aromatic heterocycles. The summed E-state index contributed by atoms with van der Waals surface area (Å²) in [5, 5.41) is 26.8. The Morgan fingerprint density at radius 3 is 1.93 bits per heavy atom. The molecule has 1 aliphatic carbocycles. The molecule has 2 N–H and O–H groups in total. The van der Waals surface area contributed by atoms with E-state index < -0.39 is 23.3 Å². The lowest BCUT2D eigenvalue weighted by Crippen LogP contribution is -2.41. The van der Waals surface area contributed by atoms with Gasteiger partial charge < -0.3 is 10.2 Å². The van der Waals surface area contributed by atoms with Crippen molar-refractivity contribution < 1.29 is 19.8 Å². The lowest BCUT2D eigenvalue weighted by atomic mass is 9.67. The van der Waals surface area contributed by atoms with Crippen LogP contribution in [0.25, 0.3) is 0 Å². The molecule has 0 spiro atoms. The van der Waals surface area contributed by atoms with Crippen LogP contribution in [0.3, 0.4) is 0 Å². The highest BCUT2D eigenvalue weighted by molar-refractivity contribution is 5.94. The predicted octanol–water partition coefficient (Wildman–Crippen LogP) is 1.25. The monoisotopic (exact) mass is 211 g/mol. The van der Waals surface area contributed by atoms with E-state index in [-0.39, 0.29) is 0 Å². The van der Waals surface area contributed by atoms with Crippen molar-refractivity contribution >= 4 is 11.9 Å². The molecule has 0 saturated heterocycles. The molecule has 5 nitrogen and oxygen atoms in total. The van der Waals surface area contributed by atoms with Crippen molar-refractivity contribution in [1.82, 2.24) is 0 Å². The number of nitriles is 1. The van der Waals surface area contributed by atoms with Gasteiger partial charge in [-0.05, 0) is 12.8 Å². The molecule has 0 radical (unpaired) electrons. The van der Waals surface area contributed by atoms with Crippen molar-refractivity contribution in [3.8, 4) is 6.07 Å². The number of hydrogen-bond acceptors (Lipinski definition) is 3. The molecule has 0 heterocycles. The molecule has 5 heteroatoms. The zero-order chi connectivity index (χ0) is 11.5. The molecule has 0 aromatic carbocycles. The molecule has 0 amide bonds. The van der Waals surface area contributed by atoms with Crippen molar-refractivity contribution in [2.45, 2.75) is 32.1 Å². The van der Waals surface area contributed by atoms with Crippen LogP contribution in [0, 0.1) is 22.7 Å². The van der Waals surface area contributed by atoms with E-state index in [1.165, 1.54) is 0 Å². The minimum Gasteiger partial charge on any atom is -0.481 e. The Bertz CT molecular complexity index is 298. The lowest BCUT2D eigenvalue weighted by Gasteiger charge is -2.33. The maximum absolute atomic E-state index is 10.9. The van der Waals surface area contributed by atoms with Gasteiger partial charge in [-0.2, -0.15) is 5.26 Å². The van der Waals surface area contributed by atoms with E-state index in [2.05, 4.69) is 0 Å². The van der Waals surface area contributed by atoms with E-state index in [4.69, 9.17) is 15.5 Å². The molecule has 0 atom stereocenters. The molecule has 0 unspecified atom stereocenters. The summed E-state index contributed by atoms with van der Waals surface area (Å²) in [6.45, 7) is 0. The van der Waals surface area contributed by atoms with Crippen LogP contribution in [0.1, 0.15) is 32.1 Å². The van der Waals surface area contributed by atoms with E-state index in [1.54, 1.807) is 0 Å². The predicted molar refractivity (Wildman–Crippen MR) is 49.9 cm³/mol. The number of aliphatic carboxylic acids is 2. The second-order valence-electron chi connectivity index (χ2n) is 3.94. The highest BCUT2D eigenvalue weighted by Crippen LogP contribution is 2.42. The second-order valence-corrected chi connectivity index (χ2v) is 3.94. The Kier molecular flexibility index (Phi) is 3.30. The van der Waals surface area contributed by atoms with E-state index in [1.807, 2.05) is 6.07 Å². The highest BCUT2D eigenvalue weighted by Gasteiger charge is 2.48. The number of carbonyl (C=O) groups is 2. The molecule has 0 bridgehead atoms. The molecule has 1 fully saturated rings. The van der Waals surface area contributed by atoms with Crippen LogP contribution in [0.4, 0.5) is 0 Å². The molecule has 1 aliphatic rings. The summed E-state index contributed by atoms with van der Waals surface area (Å²) < 4.78 is 0. The Morgan fingerprint density at radius 2 is 1.60 bits per heavy atom. The van der Waals surface area contributed by atoms with Crippen molar-refractivity contribution in [3.05, 3.63) is 0 Å². The summed E-state index contributed by atoms with van der Waals surface area (Å²) in [6.07, 6.45) is 3.13. The Morgan fingerprint density at radius 1 is 1.13 bits per heavy atom. The summed E-state index contributed by atoms with van der Waals surface area (Å²) in [7, 11) is 0. The smallest absolute Gasteiger partial charge is 0.319 e. The molecule has 1 saturated carbocycles. The first-order valence-corrected chi connectivity index (χ1v) is 4.90. The maximum Gasteiger partial charge on any atom is 0.319 e. The van der Waals surface area contributed by atoms with Crippen LogP contribution in [0.5, 0.6) is 0 Å². The van der Waals surface area contributed by atoms with Gasteiger partial charge >= 0.3 is 11.9 Å². The second kappa shape index (κ2) is 4.30. The van der Waals surface area contributed by atoms with E-state index >= 15 is 0 Å². The number of carboxylic acid groups (broad SMARTS) is 2. The number of hydrogen-bond donors (Lipinski definition) is 2. The minimum absolute atomic E-state index is 0.368. The number of nitrogens with zero attached hydrogens (tertiary/aromatic N) is 1. The van der Waals surface area contributed by atoms with E-state index in [0.717, 1.165) is 19.3 Å². The third-order valence-corrected chi connectivity index (χ3v) is 3.01. The third-order valence-electron chi connectivity index (χ3n) is 3.01. The van der Waals surface area contributed by atoms with Gasteiger partial charge in [-0.1, -0.05) is 19.3 Å². The summed E-state index contributed by atoms with van der Waals surface area (Å²) in [6, 6.07) is 1.92. The first-order valence-electron chi connectivity index (χ1n) is 4.90. The standard InChI is InChI=1S/C10H13NO4/c11-6-10(4-2-1-3-5-10)7(8(12)13)9(14)15/h7H,1-5H2,(H,12,13)(H,14,15). The number of rotatable bonds is 3. The topological polar surface area (TPSA) is 98.4 Å². The molecular weight excluding hydrogens is 198 g/mol. The first-order chi connectivity index (χ1) is 7.03. The molecule has 0 aromatic rings. The maximum atomic E-state index is 10.9. The van der Waals surface area contributed by atoms with Crippen molar-refractivity contribution in [3.63, 3.8) is 0 Å². The van der Waals surface area contributed by atoms with Crippen molar-refractivity contribution in [1.29, 1.82) is 5.26 Å². The van der Waals surface area contributed by atoms with Gasteiger partial charge in [0.25, 0.3) is 0 Å². The van der Waals surface area contributed by atoms with Crippen LogP contribution >= 0.6 is 0 Å². The van der Waals surface area contributed by atoms with Gasteiger partial charge in [0.2, 0.25) is 0 Å². The number of carboxylic acids is 2. The van der Waals surface area contributed by atoms with Gasteiger partial charge in [0, 0.05) is 0 Å². The van der Waals surface area contributed by atoms with Gasteiger partial charge in [-0.15, -0.1) is 0 Å². The van der Waals surface area contributed by atoms with Crippen LogP contribution in [0.2, 0.25) is 0 Å². The fourth-order valence-corrected chi connectivity index (χ4v) is 2.23. The van der Waals surface area contributed by atoms with E-state index in [0.29, 0.717) is 12.8 Å². The highest BCUT2D eigenvalue weighted by atomic mass is 16.4. The zero-order valence-corrected chi connectivity index (χ0v) is 8.27. The first kappa shape index (κ1) is 11.5. The SMILES string of the molecule is N#CC1(C(C(=O)O)C(=O)O)CCCCC1. The quantitative estimate of drug-likeness (QED) is 0.684. The summed E-state index contributed by atoms with van der Waals surface area (Å²) in [5.74, 6) is -4.42. The van der Waals surface area contributed by atoms with Crippen LogP contribution in [-0.4, -0.2) is 22.2 Å². The largest absolute Gasteiger partial charge is 0.481 e. The van der Waals surface area contributed by atoms with Gasteiger partial charge in [-0.3, -0.25) is 9.59 Å². The fourth-order valence-electron chi connectivity index (χ4n) is 2.23. The average molecular weight is 211 g/mol. The zero-order valence-electron chi connectivity index (χ0n) is 8.27. The van der Waals surface area contributed by atoms with Gasteiger partial charge in [0.1, 0.15) is 0 Å². The summed E-state index contributed by atoms with van der Waals surface area (Å²) in [5.41, 5.74) is -1.21. The summed E-state index contributed by atoms with van der Waals surface area (Å²) in [4.78, 5) is 21.7. The molecule has 82 valence electrons. The van der Waals surface area contributed by atoms with Crippen molar-refractivity contribution in [2.24, 2.45) is 11.3 Å². The molecule has 1 rings (SSSR count). The lowest BCUT2D eigenvalue weighted by molar-refractivity contribution is -0.160. The average Bonchev–Trinajstić information content (AvgIpc) is 2.18. The minimum atomic E-state index is -1.59. The molecule has 15 heavy (non-hydrogen) atoms. The van der Waals surface area contributed by atoms with E-state index in [9.17, 15) is 9.59 Å². The van der Waals surface area contributed by atoms with Crippen LogP contribution in [-0.2, 0) is 9.59 Å². The Hall–Kier alpha value is -1.57. The Balaban J connectivity index is 3.01. The van der Waals surface area contributed by atoms with Crippen LogP contribution in [0.15, 0.2) is 0 Å². The van der Waals surface area contributed by atoms with Crippen LogP contribution < -0.4 is 0 Å². The van der Waals surface area contributed by atoms with Crippen molar-refractivity contribution in [2.75, 3.05) is 0 Å². The fraction of sp³-hybridized carbons (Fsp3) is 0.700. The molecule has 0 aliphatic heterocycles. The van der Waals surface area contributed by atoms with Gasteiger partial charge in [-0.25, -0.2) is 0 Å². The summed E-state index contributed by atoms with van der Waals surface area (Å²) >= 11 is 0. The normalized spacial score (nSPS) is 19.5. The van der Waals surface area contributed by atoms with Gasteiger partial charge in [0.15, 0.2) is 5.92 Å². The third kappa shape index (κ3) is 2.09. The molecular formula is C10H13NO4. The Labute approximate surface area is 87.3 Å². The van der Waals surface area contributed by atoms with Gasteiger partial charge in [0.05, 0.1) is 11.5 Å².